The van der Waals surface area contributed by atoms with Crippen LogP contribution in [0.25, 0.3) is 0 Å². The predicted octanol–water partition coefficient (Wildman–Crippen LogP) is 7.44. The summed E-state index contributed by atoms with van der Waals surface area (Å²) in [6.07, 6.45) is 11.6. The number of esters is 3. The van der Waals surface area contributed by atoms with E-state index < -0.39 is 23.5 Å². The molecule has 214 valence electrons. The minimum absolute atomic E-state index is 0.0930. The molecule has 0 aromatic carbocycles. The van der Waals surface area contributed by atoms with Gasteiger partial charge in [0.2, 0.25) is 5.60 Å². The third-order valence-electron chi connectivity index (χ3n) is 7.34. The number of unbranched alkanes of at least 4 members (excludes halogenated alkanes) is 2. The zero-order chi connectivity index (χ0) is 27.8. The highest BCUT2D eigenvalue weighted by Gasteiger charge is 2.49. The van der Waals surface area contributed by atoms with Gasteiger partial charge in [-0.1, -0.05) is 86.6 Å². The molecule has 1 fully saturated rings. The lowest BCUT2D eigenvalue weighted by Gasteiger charge is -2.37. The van der Waals surface area contributed by atoms with Crippen LogP contribution in [0.15, 0.2) is 12.7 Å². The van der Waals surface area contributed by atoms with E-state index in [1.54, 1.807) is 0 Å². The van der Waals surface area contributed by atoms with Crippen molar-refractivity contribution < 1.29 is 28.6 Å². The SMILES string of the molecule is C=CC(=O)OC1(C(=O)OCC(C)CCCCC(C)C)CCCC(C(=O)OCC(C)CCCCC(C)C)C1. The molecular weight excluding hydrogens is 468 g/mol. The van der Waals surface area contributed by atoms with Gasteiger partial charge in [0, 0.05) is 12.5 Å². The van der Waals surface area contributed by atoms with E-state index in [4.69, 9.17) is 14.2 Å². The molecule has 0 heterocycles. The smallest absolute Gasteiger partial charge is 0.350 e. The topological polar surface area (TPSA) is 78.9 Å². The van der Waals surface area contributed by atoms with Crippen LogP contribution in [0.4, 0.5) is 0 Å². The van der Waals surface area contributed by atoms with Gasteiger partial charge in [0.05, 0.1) is 19.1 Å². The first kappa shape index (κ1) is 33.2. The Bertz CT molecular complexity index is 700. The normalized spacial score (nSPS) is 21.4. The third-order valence-corrected chi connectivity index (χ3v) is 7.34. The van der Waals surface area contributed by atoms with Crippen molar-refractivity contribution in [2.45, 2.75) is 124 Å². The Kier molecular flexibility index (Phi) is 15.8. The highest BCUT2D eigenvalue weighted by molar-refractivity contribution is 5.88. The zero-order valence-electron chi connectivity index (χ0n) is 24.5. The van der Waals surface area contributed by atoms with Crippen LogP contribution in [0, 0.1) is 29.6 Å². The quantitative estimate of drug-likeness (QED) is 0.0806. The third kappa shape index (κ3) is 13.5. The van der Waals surface area contributed by atoms with E-state index in [0.29, 0.717) is 37.7 Å². The summed E-state index contributed by atoms with van der Waals surface area (Å²) in [6.45, 7) is 17.2. The van der Waals surface area contributed by atoms with Crippen LogP contribution < -0.4 is 0 Å². The van der Waals surface area contributed by atoms with Gasteiger partial charge in [-0.2, -0.15) is 0 Å². The van der Waals surface area contributed by atoms with Crippen LogP contribution in [-0.2, 0) is 28.6 Å². The first-order chi connectivity index (χ1) is 17.5. The largest absolute Gasteiger partial charge is 0.465 e. The Balaban J connectivity index is 2.65. The molecule has 0 amide bonds. The maximum absolute atomic E-state index is 13.2. The fourth-order valence-corrected chi connectivity index (χ4v) is 4.94. The Labute approximate surface area is 226 Å². The second-order valence-corrected chi connectivity index (χ2v) is 12.2. The molecule has 1 rings (SSSR count). The second kappa shape index (κ2) is 17.6. The van der Waals surface area contributed by atoms with Gasteiger partial charge in [-0.15, -0.1) is 0 Å². The number of carbonyl (C=O) groups is 3. The summed E-state index contributed by atoms with van der Waals surface area (Å²) in [7, 11) is 0. The van der Waals surface area contributed by atoms with Crippen molar-refractivity contribution in [3.05, 3.63) is 12.7 Å². The van der Waals surface area contributed by atoms with Gasteiger partial charge in [0.1, 0.15) is 0 Å². The molecule has 0 radical (unpaired) electrons. The van der Waals surface area contributed by atoms with E-state index in [9.17, 15) is 14.4 Å². The standard InChI is InChI=1S/C31H54O6/c1-8-28(32)37-31(30(34)36-22-26(7)17-12-10-15-24(4)5)19-13-18-27(20-31)29(33)35-21-25(6)16-11-9-14-23(2)3/h8,23-27H,1,9-22H2,2-7H3. The number of carbonyl (C=O) groups excluding carboxylic acids is 3. The van der Waals surface area contributed by atoms with Crippen LogP contribution in [0.2, 0.25) is 0 Å². The minimum Gasteiger partial charge on any atom is -0.465 e. The van der Waals surface area contributed by atoms with Crippen molar-refractivity contribution in [1.29, 1.82) is 0 Å². The van der Waals surface area contributed by atoms with Crippen molar-refractivity contribution >= 4 is 17.9 Å². The highest BCUT2D eigenvalue weighted by Crippen LogP contribution is 2.38. The van der Waals surface area contributed by atoms with E-state index in [2.05, 4.69) is 48.1 Å². The number of rotatable bonds is 18. The second-order valence-electron chi connectivity index (χ2n) is 12.2. The Morgan fingerprint density at radius 2 is 1.35 bits per heavy atom. The summed E-state index contributed by atoms with van der Waals surface area (Å²) < 4.78 is 16.9. The fraction of sp³-hybridized carbons (Fsp3) is 0.839. The van der Waals surface area contributed by atoms with Crippen molar-refractivity contribution in [2.24, 2.45) is 29.6 Å². The Morgan fingerprint density at radius 3 is 1.86 bits per heavy atom. The van der Waals surface area contributed by atoms with E-state index in [-0.39, 0.29) is 30.8 Å². The van der Waals surface area contributed by atoms with Crippen LogP contribution in [0.1, 0.15) is 119 Å². The molecule has 6 heteroatoms. The maximum Gasteiger partial charge on any atom is 0.350 e. The van der Waals surface area contributed by atoms with Gasteiger partial charge >= 0.3 is 17.9 Å². The molecule has 4 unspecified atom stereocenters. The van der Waals surface area contributed by atoms with Crippen LogP contribution in [-0.4, -0.2) is 36.7 Å². The molecule has 1 saturated carbocycles. The predicted molar refractivity (Wildman–Crippen MR) is 148 cm³/mol. The van der Waals surface area contributed by atoms with Gasteiger partial charge in [0.15, 0.2) is 0 Å². The van der Waals surface area contributed by atoms with Crippen molar-refractivity contribution in [3.63, 3.8) is 0 Å². The van der Waals surface area contributed by atoms with Crippen molar-refractivity contribution in [1.82, 2.24) is 0 Å². The zero-order valence-corrected chi connectivity index (χ0v) is 24.5. The molecule has 0 aromatic heterocycles. The molecule has 0 saturated heterocycles. The molecule has 0 aromatic rings. The molecule has 6 nitrogen and oxygen atoms in total. The minimum atomic E-state index is -1.47. The molecule has 0 N–H and O–H groups in total. The van der Waals surface area contributed by atoms with E-state index in [1.807, 2.05) is 0 Å². The summed E-state index contributed by atoms with van der Waals surface area (Å²) in [6, 6.07) is 0. The van der Waals surface area contributed by atoms with Gasteiger partial charge in [-0.05, 0) is 55.8 Å². The number of ether oxygens (including phenoxy) is 3. The molecule has 0 aliphatic heterocycles. The van der Waals surface area contributed by atoms with Crippen LogP contribution in [0.5, 0.6) is 0 Å². The van der Waals surface area contributed by atoms with Gasteiger partial charge in [-0.3, -0.25) is 4.79 Å². The maximum atomic E-state index is 13.2. The Morgan fingerprint density at radius 1 is 0.838 bits per heavy atom. The number of hydrogen-bond acceptors (Lipinski definition) is 6. The van der Waals surface area contributed by atoms with Gasteiger partial charge < -0.3 is 14.2 Å². The van der Waals surface area contributed by atoms with E-state index >= 15 is 0 Å². The molecule has 0 spiro atoms. The summed E-state index contributed by atoms with van der Waals surface area (Å²) in [5, 5.41) is 0. The summed E-state index contributed by atoms with van der Waals surface area (Å²) >= 11 is 0. The van der Waals surface area contributed by atoms with Crippen LogP contribution in [0.3, 0.4) is 0 Å². The van der Waals surface area contributed by atoms with E-state index in [1.165, 1.54) is 19.3 Å². The molecule has 1 aliphatic carbocycles. The lowest BCUT2D eigenvalue weighted by atomic mass is 9.77. The molecule has 37 heavy (non-hydrogen) atoms. The average Bonchev–Trinajstić information content (AvgIpc) is 2.85. The summed E-state index contributed by atoms with van der Waals surface area (Å²) in [5.41, 5.74) is -1.47. The fourth-order valence-electron chi connectivity index (χ4n) is 4.94. The molecule has 4 atom stereocenters. The van der Waals surface area contributed by atoms with E-state index in [0.717, 1.165) is 38.2 Å². The molecule has 1 aliphatic rings. The lowest BCUT2D eigenvalue weighted by Crippen LogP contribution is -2.49. The monoisotopic (exact) mass is 522 g/mol. The Hall–Kier alpha value is -1.85. The average molecular weight is 523 g/mol. The first-order valence-corrected chi connectivity index (χ1v) is 14.7. The number of hydrogen-bond donors (Lipinski definition) is 0. The van der Waals surface area contributed by atoms with Crippen molar-refractivity contribution in [3.8, 4) is 0 Å². The lowest BCUT2D eigenvalue weighted by molar-refractivity contribution is -0.189. The molecule has 0 bridgehead atoms. The first-order valence-electron chi connectivity index (χ1n) is 14.7. The van der Waals surface area contributed by atoms with Crippen molar-refractivity contribution in [2.75, 3.05) is 13.2 Å². The summed E-state index contributed by atoms with van der Waals surface area (Å²) in [5.74, 6) is -0.157. The van der Waals surface area contributed by atoms with Gasteiger partial charge in [-0.25, -0.2) is 9.59 Å². The van der Waals surface area contributed by atoms with Crippen LogP contribution >= 0.6 is 0 Å². The highest BCUT2D eigenvalue weighted by atomic mass is 16.6. The summed E-state index contributed by atoms with van der Waals surface area (Å²) in [4.78, 5) is 38.3. The molecular formula is C31H54O6. The van der Waals surface area contributed by atoms with Gasteiger partial charge in [0.25, 0.3) is 0 Å².